The molecule has 0 amide bonds. The standard InChI is InChI=1S/C46H29N2P/c1-3-10-35(11-4-1)49(36-12-5-2-6-13-36)37-24-22-30(23-25-37)31-18-19-33-29-34(21-20-32(33)28-31)38-26-27-41-44-39(38)14-9-15-40(44)45-46(41)48-43-17-8-7-16-42(43)47-45/h1-29H. The molecule has 0 spiro atoms. The van der Waals surface area contributed by atoms with E-state index in [0.29, 0.717) is 0 Å². The number of rotatable bonds is 5. The first-order valence-electron chi connectivity index (χ1n) is 16.7. The van der Waals surface area contributed by atoms with Crippen molar-refractivity contribution >= 4 is 56.4 Å². The second-order valence-corrected chi connectivity index (χ2v) is 14.8. The van der Waals surface area contributed by atoms with Gasteiger partial charge in [0.05, 0.1) is 22.4 Å². The molecule has 3 heteroatoms. The number of hydrogen-bond donors (Lipinski definition) is 0. The first kappa shape index (κ1) is 28.1. The molecule has 1 aliphatic rings. The number of benzene rings is 8. The third-order valence-corrected chi connectivity index (χ3v) is 12.2. The Morgan fingerprint density at radius 2 is 0.857 bits per heavy atom. The normalized spacial score (nSPS) is 11.9. The van der Waals surface area contributed by atoms with Crippen LogP contribution in [0.4, 0.5) is 0 Å². The van der Waals surface area contributed by atoms with Crippen molar-refractivity contribution in [3.63, 3.8) is 0 Å². The van der Waals surface area contributed by atoms with Crippen LogP contribution in [0, 0.1) is 0 Å². The van der Waals surface area contributed by atoms with E-state index in [1.807, 2.05) is 24.3 Å². The fraction of sp³-hybridized carbons (Fsp3) is 0. The van der Waals surface area contributed by atoms with Crippen molar-refractivity contribution in [2.75, 3.05) is 0 Å². The Hall–Kier alpha value is -5.95. The predicted molar refractivity (Wildman–Crippen MR) is 209 cm³/mol. The first-order chi connectivity index (χ1) is 24.3. The number of aromatic nitrogens is 2. The third kappa shape index (κ3) is 4.68. The molecule has 0 aliphatic heterocycles. The van der Waals surface area contributed by atoms with Crippen molar-refractivity contribution in [3.05, 3.63) is 176 Å². The second kappa shape index (κ2) is 11.3. The van der Waals surface area contributed by atoms with Gasteiger partial charge in [-0.05, 0) is 86.5 Å². The number of hydrogen-bond acceptors (Lipinski definition) is 2. The minimum atomic E-state index is -0.623. The van der Waals surface area contributed by atoms with Crippen LogP contribution in [0.25, 0.3) is 77.3 Å². The number of fused-ring (bicyclic) bond motifs is 5. The van der Waals surface area contributed by atoms with E-state index < -0.39 is 7.92 Å². The molecule has 0 unspecified atom stereocenters. The van der Waals surface area contributed by atoms with E-state index in [1.54, 1.807) is 0 Å². The highest BCUT2D eigenvalue weighted by molar-refractivity contribution is 7.79. The van der Waals surface area contributed by atoms with Gasteiger partial charge >= 0.3 is 0 Å². The van der Waals surface area contributed by atoms with Crippen molar-refractivity contribution in [1.29, 1.82) is 0 Å². The highest BCUT2D eigenvalue weighted by atomic mass is 31.1. The summed E-state index contributed by atoms with van der Waals surface area (Å²) in [6.45, 7) is 0. The van der Waals surface area contributed by atoms with Crippen molar-refractivity contribution in [2.45, 2.75) is 0 Å². The van der Waals surface area contributed by atoms with Gasteiger partial charge < -0.3 is 0 Å². The summed E-state index contributed by atoms with van der Waals surface area (Å²) in [5.41, 5.74) is 11.1. The maximum absolute atomic E-state index is 5.05. The largest absolute Gasteiger partial charge is 0.244 e. The van der Waals surface area contributed by atoms with E-state index in [2.05, 4.69) is 152 Å². The molecule has 9 aromatic rings. The molecule has 0 atom stereocenters. The monoisotopic (exact) mass is 640 g/mol. The van der Waals surface area contributed by atoms with Gasteiger partial charge in [-0.25, -0.2) is 9.97 Å². The van der Waals surface area contributed by atoms with E-state index in [-0.39, 0.29) is 0 Å². The lowest BCUT2D eigenvalue weighted by Crippen LogP contribution is -2.20. The average Bonchev–Trinajstić information content (AvgIpc) is 3.48. The average molecular weight is 641 g/mol. The van der Waals surface area contributed by atoms with Gasteiger partial charge in [0.1, 0.15) is 0 Å². The summed E-state index contributed by atoms with van der Waals surface area (Å²) in [5, 5.41) is 9.03. The molecule has 228 valence electrons. The molecular formula is C46H29N2P. The molecule has 0 saturated heterocycles. The molecule has 1 heterocycles. The van der Waals surface area contributed by atoms with Crippen molar-refractivity contribution in [3.8, 4) is 44.8 Å². The molecule has 1 aliphatic carbocycles. The summed E-state index contributed by atoms with van der Waals surface area (Å²) in [6, 6.07) is 63.8. The molecule has 0 bridgehead atoms. The van der Waals surface area contributed by atoms with Crippen LogP contribution in [0.2, 0.25) is 0 Å². The summed E-state index contributed by atoms with van der Waals surface area (Å²) in [4.78, 5) is 10.1. The van der Waals surface area contributed by atoms with Gasteiger partial charge in [0.15, 0.2) is 0 Å². The van der Waals surface area contributed by atoms with Gasteiger partial charge in [0.25, 0.3) is 0 Å². The zero-order valence-electron chi connectivity index (χ0n) is 26.6. The quantitative estimate of drug-likeness (QED) is 0.175. The molecule has 10 rings (SSSR count). The maximum Gasteiger partial charge on any atom is 0.0979 e. The van der Waals surface area contributed by atoms with Gasteiger partial charge in [0, 0.05) is 16.5 Å². The molecule has 0 fully saturated rings. The Morgan fingerprint density at radius 3 is 1.51 bits per heavy atom. The van der Waals surface area contributed by atoms with Crippen LogP contribution in [0.3, 0.4) is 0 Å². The number of para-hydroxylation sites is 2. The van der Waals surface area contributed by atoms with Gasteiger partial charge in [-0.3, -0.25) is 0 Å². The van der Waals surface area contributed by atoms with Crippen LogP contribution >= 0.6 is 7.92 Å². The summed E-state index contributed by atoms with van der Waals surface area (Å²) < 4.78 is 0. The molecule has 0 N–H and O–H groups in total. The molecule has 49 heavy (non-hydrogen) atoms. The van der Waals surface area contributed by atoms with Gasteiger partial charge in [-0.2, -0.15) is 0 Å². The highest BCUT2D eigenvalue weighted by Crippen LogP contribution is 2.48. The van der Waals surface area contributed by atoms with Crippen LogP contribution < -0.4 is 15.9 Å². The SMILES string of the molecule is c1ccc(P(c2ccccc2)c2ccc(-c3ccc4cc(-c5ccc6c7c(cccc57)-c5nc7ccccc7nc5-6)ccc4c3)cc2)cc1. The van der Waals surface area contributed by atoms with E-state index in [9.17, 15) is 0 Å². The summed E-state index contributed by atoms with van der Waals surface area (Å²) >= 11 is 0. The topological polar surface area (TPSA) is 25.8 Å². The van der Waals surface area contributed by atoms with E-state index in [4.69, 9.17) is 9.97 Å². The van der Waals surface area contributed by atoms with Crippen LogP contribution in [-0.2, 0) is 0 Å². The third-order valence-electron chi connectivity index (χ3n) is 9.76. The van der Waals surface area contributed by atoms with Gasteiger partial charge in [0.2, 0.25) is 0 Å². The molecule has 1 aromatic heterocycles. The lowest BCUT2D eigenvalue weighted by Gasteiger charge is -2.19. The van der Waals surface area contributed by atoms with Crippen LogP contribution in [-0.4, -0.2) is 9.97 Å². The lowest BCUT2D eigenvalue weighted by molar-refractivity contribution is 1.32. The minimum absolute atomic E-state index is 0.623. The van der Waals surface area contributed by atoms with Gasteiger partial charge in [-0.15, -0.1) is 0 Å². The number of nitrogens with zero attached hydrogens (tertiary/aromatic N) is 2. The zero-order chi connectivity index (χ0) is 32.3. The van der Waals surface area contributed by atoms with Crippen molar-refractivity contribution in [1.82, 2.24) is 9.97 Å². The maximum atomic E-state index is 5.05. The van der Waals surface area contributed by atoms with Crippen LogP contribution in [0.5, 0.6) is 0 Å². The van der Waals surface area contributed by atoms with Crippen molar-refractivity contribution < 1.29 is 0 Å². The molecule has 8 aromatic carbocycles. The Balaban J connectivity index is 0.997. The van der Waals surface area contributed by atoms with Gasteiger partial charge in [-0.1, -0.05) is 152 Å². The molecule has 0 radical (unpaired) electrons. The summed E-state index contributed by atoms with van der Waals surface area (Å²) in [5.74, 6) is 0. The van der Waals surface area contributed by atoms with E-state index in [0.717, 1.165) is 22.4 Å². The summed E-state index contributed by atoms with van der Waals surface area (Å²) in [6.07, 6.45) is 0. The van der Waals surface area contributed by atoms with Crippen LogP contribution in [0.15, 0.2) is 176 Å². The Bertz CT molecular complexity index is 2610. The Kier molecular flexibility index (Phi) is 6.50. The predicted octanol–water partition coefficient (Wildman–Crippen LogP) is 10.7. The van der Waals surface area contributed by atoms with E-state index >= 15 is 0 Å². The summed E-state index contributed by atoms with van der Waals surface area (Å²) in [7, 11) is -0.623. The van der Waals surface area contributed by atoms with Crippen LogP contribution in [0.1, 0.15) is 0 Å². The fourth-order valence-electron chi connectivity index (χ4n) is 7.43. The smallest absolute Gasteiger partial charge is 0.0979 e. The Morgan fingerprint density at radius 1 is 0.347 bits per heavy atom. The molecular weight excluding hydrogens is 611 g/mol. The fourth-order valence-corrected chi connectivity index (χ4v) is 9.71. The van der Waals surface area contributed by atoms with E-state index in [1.165, 1.54) is 70.8 Å². The first-order valence-corrected chi connectivity index (χ1v) is 18.0. The molecule has 0 saturated carbocycles. The second-order valence-electron chi connectivity index (χ2n) is 12.6. The Labute approximate surface area is 286 Å². The minimum Gasteiger partial charge on any atom is -0.244 e. The zero-order valence-corrected chi connectivity index (χ0v) is 27.5. The lowest BCUT2D eigenvalue weighted by atomic mass is 9.93. The van der Waals surface area contributed by atoms with Crippen molar-refractivity contribution in [2.24, 2.45) is 0 Å². The highest BCUT2D eigenvalue weighted by Gasteiger charge is 2.26. The molecule has 2 nitrogen and oxygen atoms in total.